The van der Waals surface area contributed by atoms with E-state index in [1.165, 1.54) is 0 Å². The zero-order valence-electron chi connectivity index (χ0n) is 15.1. The van der Waals surface area contributed by atoms with E-state index in [-0.39, 0.29) is 11.7 Å². The number of nitrogen functional groups attached to an aromatic ring is 1. The number of aryl methyl sites for hydroxylation is 3. The van der Waals surface area contributed by atoms with Crippen molar-refractivity contribution < 1.29 is 9.21 Å². The normalized spacial score (nSPS) is 11.1. The fourth-order valence-corrected chi connectivity index (χ4v) is 2.93. The number of pyridine rings is 1. The Balaban J connectivity index is 1.68. The van der Waals surface area contributed by atoms with Gasteiger partial charge < -0.3 is 20.5 Å². The van der Waals surface area contributed by atoms with Crippen molar-refractivity contribution in [2.24, 2.45) is 0 Å². The van der Waals surface area contributed by atoms with Gasteiger partial charge in [0.1, 0.15) is 5.82 Å². The number of rotatable bonds is 3. The number of aromatic amines is 1. The Bertz CT molecular complexity index is 1170. The molecule has 4 N–H and O–H groups in total. The van der Waals surface area contributed by atoms with Crippen molar-refractivity contribution in [3.05, 3.63) is 53.4 Å². The van der Waals surface area contributed by atoms with E-state index in [1.807, 2.05) is 25.1 Å². The summed E-state index contributed by atoms with van der Waals surface area (Å²) in [6, 6.07) is 7.38. The van der Waals surface area contributed by atoms with Gasteiger partial charge >= 0.3 is 0 Å². The highest BCUT2D eigenvalue weighted by molar-refractivity contribution is 6.03. The molecule has 0 aliphatic rings. The van der Waals surface area contributed by atoms with Gasteiger partial charge in [-0.05, 0) is 37.6 Å². The van der Waals surface area contributed by atoms with E-state index >= 15 is 0 Å². The van der Waals surface area contributed by atoms with E-state index in [2.05, 4.69) is 25.3 Å². The molecule has 4 aromatic rings. The summed E-state index contributed by atoms with van der Waals surface area (Å²) in [4.78, 5) is 28.6. The number of carbonyl (C=O) groups is 1. The van der Waals surface area contributed by atoms with Crippen molar-refractivity contribution in [1.82, 2.24) is 19.9 Å². The van der Waals surface area contributed by atoms with E-state index in [0.29, 0.717) is 34.4 Å². The highest BCUT2D eigenvalue weighted by Gasteiger charge is 2.17. The molecule has 0 radical (unpaired) electrons. The number of carbonyl (C=O) groups excluding carboxylic acids is 1. The van der Waals surface area contributed by atoms with Gasteiger partial charge in [0.2, 0.25) is 5.76 Å². The number of benzene rings is 1. The van der Waals surface area contributed by atoms with Crippen molar-refractivity contribution >= 4 is 28.4 Å². The standard InChI is InChI=1S/C19H18N6O2/c1-9-4-5-13(23-19(26)16-10(2)22-11(3)27-16)7-14(9)17-24-15-6-12(20)8-21-18(15)25-17/h4-8H,20H2,1-3H3,(H,23,26)(H,21,24,25). The van der Waals surface area contributed by atoms with E-state index < -0.39 is 0 Å². The molecule has 0 aliphatic carbocycles. The average molecular weight is 362 g/mol. The quantitative estimate of drug-likeness (QED) is 0.513. The first-order valence-electron chi connectivity index (χ1n) is 8.38. The smallest absolute Gasteiger partial charge is 0.293 e. The molecule has 8 heteroatoms. The molecule has 3 heterocycles. The number of nitrogens with one attached hydrogen (secondary N) is 2. The van der Waals surface area contributed by atoms with Gasteiger partial charge in [-0.2, -0.15) is 0 Å². The maximum Gasteiger partial charge on any atom is 0.293 e. The fourth-order valence-electron chi connectivity index (χ4n) is 2.93. The van der Waals surface area contributed by atoms with Crippen LogP contribution in [0.4, 0.5) is 11.4 Å². The van der Waals surface area contributed by atoms with E-state index in [0.717, 1.165) is 16.6 Å². The van der Waals surface area contributed by atoms with Gasteiger partial charge in [0.15, 0.2) is 11.5 Å². The van der Waals surface area contributed by atoms with Crippen LogP contribution in [0.25, 0.3) is 22.6 Å². The van der Waals surface area contributed by atoms with Crippen molar-refractivity contribution in [2.45, 2.75) is 20.8 Å². The largest absolute Gasteiger partial charge is 0.436 e. The van der Waals surface area contributed by atoms with Crippen molar-refractivity contribution in [3.63, 3.8) is 0 Å². The minimum absolute atomic E-state index is 0.207. The van der Waals surface area contributed by atoms with Gasteiger partial charge in [0.25, 0.3) is 5.91 Å². The highest BCUT2D eigenvalue weighted by Crippen LogP contribution is 2.27. The number of amides is 1. The minimum atomic E-state index is -0.345. The molecule has 8 nitrogen and oxygen atoms in total. The van der Waals surface area contributed by atoms with Crippen molar-refractivity contribution in [3.8, 4) is 11.4 Å². The Hall–Kier alpha value is -3.68. The summed E-state index contributed by atoms with van der Waals surface area (Å²) in [5.41, 5.74) is 10.7. The summed E-state index contributed by atoms with van der Waals surface area (Å²) in [5, 5.41) is 2.84. The van der Waals surface area contributed by atoms with Gasteiger partial charge in [0.05, 0.1) is 23.1 Å². The summed E-state index contributed by atoms with van der Waals surface area (Å²) in [7, 11) is 0. The van der Waals surface area contributed by atoms with Crippen LogP contribution in [-0.4, -0.2) is 25.8 Å². The molecule has 136 valence electrons. The highest BCUT2D eigenvalue weighted by atomic mass is 16.4. The number of aromatic nitrogens is 4. The summed E-state index contributed by atoms with van der Waals surface area (Å²) < 4.78 is 5.38. The van der Waals surface area contributed by atoms with Crippen LogP contribution >= 0.6 is 0 Å². The Kier molecular flexibility index (Phi) is 3.88. The molecule has 0 spiro atoms. The molecule has 0 atom stereocenters. The van der Waals surface area contributed by atoms with Crippen molar-refractivity contribution in [2.75, 3.05) is 11.1 Å². The molecule has 0 aliphatic heterocycles. The van der Waals surface area contributed by atoms with Crippen LogP contribution in [0.1, 0.15) is 27.7 Å². The first kappa shape index (κ1) is 16.8. The summed E-state index contributed by atoms with van der Waals surface area (Å²) >= 11 is 0. The number of nitrogens with zero attached hydrogens (tertiary/aromatic N) is 3. The molecule has 0 fully saturated rings. The number of H-pyrrole nitrogens is 1. The third-order valence-electron chi connectivity index (χ3n) is 4.22. The molecule has 4 rings (SSSR count). The van der Waals surface area contributed by atoms with Crippen LogP contribution in [-0.2, 0) is 0 Å². The van der Waals surface area contributed by atoms with Gasteiger partial charge in [-0.25, -0.2) is 15.0 Å². The predicted octanol–water partition coefficient (Wildman–Crippen LogP) is 3.37. The minimum Gasteiger partial charge on any atom is -0.436 e. The average Bonchev–Trinajstić information content (AvgIpc) is 3.18. The summed E-state index contributed by atoms with van der Waals surface area (Å²) in [6.07, 6.45) is 1.57. The molecule has 0 saturated carbocycles. The Morgan fingerprint density at radius 1 is 1.19 bits per heavy atom. The molecule has 0 saturated heterocycles. The molecule has 1 aromatic carbocycles. The molecule has 3 aromatic heterocycles. The molecule has 27 heavy (non-hydrogen) atoms. The van der Waals surface area contributed by atoms with E-state index in [9.17, 15) is 4.79 Å². The maximum absolute atomic E-state index is 12.5. The summed E-state index contributed by atoms with van der Waals surface area (Å²) in [5.74, 6) is 0.972. The number of hydrogen-bond acceptors (Lipinski definition) is 6. The number of oxazole rings is 1. The van der Waals surface area contributed by atoms with Crippen LogP contribution in [0.3, 0.4) is 0 Å². The fraction of sp³-hybridized carbons (Fsp3) is 0.158. The maximum atomic E-state index is 12.5. The second-order valence-corrected chi connectivity index (χ2v) is 6.36. The lowest BCUT2D eigenvalue weighted by molar-refractivity contribution is 0.0994. The third kappa shape index (κ3) is 3.12. The van der Waals surface area contributed by atoms with Crippen molar-refractivity contribution in [1.29, 1.82) is 0 Å². The SMILES string of the molecule is Cc1nc(C)c(C(=O)Nc2ccc(C)c(-c3nc4ncc(N)cc4[nH]3)c2)o1. The molecule has 1 amide bonds. The van der Waals surface area contributed by atoms with Crippen LogP contribution in [0.15, 0.2) is 34.9 Å². The van der Waals surface area contributed by atoms with E-state index in [1.54, 1.807) is 26.1 Å². The Morgan fingerprint density at radius 2 is 2.00 bits per heavy atom. The summed E-state index contributed by atoms with van der Waals surface area (Å²) in [6.45, 7) is 5.41. The first-order chi connectivity index (χ1) is 12.9. The van der Waals surface area contributed by atoms with Gasteiger partial charge in [-0.1, -0.05) is 6.07 Å². The Morgan fingerprint density at radius 3 is 2.74 bits per heavy atom. The van der Waals surface area contributed by atoms with Crippen LogP contribution in [0.5, 0.6) is 0 Å². The topological polar surface area (TPSA) is 123 Å². The lowest BCUT2D eigenvalue weighted by Gasteiger charge is -2.08. The lowest BCUT2D eigenvalue weighted by atomic mass is 10.1. The molecule has 0 unspecified atom stereocenters. The second-order valence-electron chi connectivity index (χ2n) is 6.36. The first-order valence-corrected chi connectivity index (χ1v) is 8.38. The van der Waals surface area contributed by atoms with E-state index in [4.69, 9.17) is 10.2 Å². The number of imidazole rings is 1. The zero-order valence-corrected chi connectivity index (χ0v) is 15.1. The van der Waals surface area contributed by atoms with Crippen LogP contribution in [0, 0.1) is 20.8 Å². The Labute approximate surface area is 154 Å². The van der Waals surface area contributed by atoms with Gasteiger partial charge in [-0.15, -0.1) is 0 Å². The second kappa shape index (κ2) is 6.24. The number of nitrogens with two attached hydrogens (primary N) is 1. The van der Waals surface area contributed by atoms with Crippen LogP contribution in [0.2, 0.25) is 0 Å². The lowest BCUT2D eigenvalue weighted by Crippen LogP contribution is -2.12. The monoisotopic (exact) mass is 362 g/mol. The molecular formula is C19H18N6O2. The van der Waals surface area contributed by atoms with Gasteiger partial charge in [0, 0.05) is 18.2 Å². The van der Waals surface area contributed by atoms with Gasteiger partial charge in [-0.3, -0.25) is 4.79 Å². The number of anilines is 2. The molecular weight excluding hydrogens is 344 g/mol. The molecule has 0 bridgehead atoms. The van der Waals surface area contributed by atoms with Crippen LogP contribution < -0.4 is 11.1 Å². The number of hydrogen-bond donors (Lipinski definition) is 3. The predicted molar refractivity (Wildman–Crippen MR) is 102 cm³/mol. The third-order valence-corrected chi connectivity index (χ3v) is 4.22. The number of fused-ring (bicyclic) bond motifs is 1. The zero-order chi connectivity index (χ0) is 19.1.